The molecule has 1 aliphatic heterocycles. The molecule has 0 radical (unpaired) electrons. The van der Waals surface area contributed by atoms with Gasteiger partial charge in [-0.15, -0.1) is 0 Å². The van der Waals surface area contributed by atoms with E-state index in [0.717, 1.165) is 63.7 Å². The summed E-state index contributed by atoms with van der Waals surface area (Å²) in [5, 5.41) is 10.6. The molecule has 10 heteroatoms. The van der Waals surface area contributed by atoms with E-state index in [0.29, 0.717) is 49.2 Å². The number of nitrogens with one attached hydrogen (secondary N) is 2. The van der Waals surface area contributed by atoms with Gasteiger partial charge in [0.1, 0.15) is 5.76 Å². The number of amides is 1. The van der Waals surface area contributed by atoms with Crippen LogP contribution in [0.15, 0.2) is 10.6 Å². The maximum absolute atomic E-state index is 13.7. The van der Waals surface area contributed by atoms with Gasteiger partial charge in [0.15, 0.2) is 5.69 Å². The van der Waals surface area contributed by atoms with Crippen molar-refractivity contribution in [1.82, 2.24) is 20.1 Å². The van der Waals surface area contributed by atoms with Crippen LogP contribution in [-0.4, -0.2) is 74.0 Å². The molecular weight excluding hydrogens is 456 g/mol. The minimum Gasteiger partial charge on any atom is -0.383 e. The predicted molar refractivity (Wildman–Crippen MR) is 125 cm³/mol. The first-order chi connectivity index (χ1) is 16.4. The first-order valence-corrected chi connectivity index (χ1v) is 14.3. The largest absolute Gasteiger partial charge is 0.383 e. The summed E-state index contributed by atoms with van der Waals surface area (Å²) >= 11 is 0. The van der Waals surface area contributed by atoms with Crippen LogP contribution in [0.5, 0.6) is 0 Å². The van der Waals surface area contributed by atoms with Crippen molar-refractivity contribution in [3.63, 3.8) is 0 Å². The Hall–Kier alpha value is -1.49. The van der Waals surface area contributed by atoms with Crippen LogP contribution in [0, 0.1) is 17.8 Å². The van der Waals surface area contributed by atoms with Gasteiger partial charge in [-0.3, -0.25) is 4.79 Å². The minimum atomic E-state index is -3.29. The van der Waals surface area contributed by atoms with Crippen molar-refractivity contribution >= 4 is 15.9 Å². The van der Waals surface area contributed by atoms with Gasteiger partial charge in [-0.05, 0) is 69.1 Å². The highest BCUT2D eigenvalue weighted by Crippen LogP contribution is 2.69. The van der Waals surface area contributed by atoms with Gasteiger partial charge in [0.25, 0.3) is 5.91 Å². The van der Waals surface area contributed by atoms with Gasteiger partial charge in [0.2, 0.25) is 10.0 Å². The van der Waals surface area contributed by atoms with Gasteiger partial charge in [0.05, 0.1) is 11.4 Å². The number of carbonyl (C=O) groups is 1. The summed E-state index contributed by atoms with van der Waals surface area (Å²) in [6, 6.07) is 2.24. The number of aromatic nitrogens is 1. The average molecular weight is 493 g/mol. The van der Waals surface area contributed by atoms with Crippen molar-refractivity contribution < 1.29 is 22.5 Å². The number of rotatable bonds is 9. The number of nitrogens with zero attached hydrogens (tertiary/aromatic N) is 2. The van der Waals surface area contributed by atoms with Gasteiger partial charge < -0.3 is 19.9 Å². The Kier molecular flexibility index (Phi) is 5.78. The highest BCUT2D eigenvalue weighted by Gasteiger charge is 2.73. The lowest BCUT2D eigenvalue weighted by Crippen LogP contribution is -2.75. The van der Waals surface area contributed by atoms with E-state index in [1.807, 2.05) is 0 Å². The van der Waals surface area contributed by atoms with E-state index in [-0.39, 0.29) is 17.9 Å². The van der Waals surface area contributed by atoms with Crippen LogP contribution < -0.4 is 10.6 Å². The molecule has 0 bridgehead atoms. The molecule has 0 spiro atoms. The summed E-state index contributed by atoms with van der Waals surface area (Å²) < 4.78 is 39.0. The topological polar surface area (TPSA) is 114 Å². The molecule has 1 aromatic rings. The average Bonchev–Trinajstić information content (AvgIpc) is 3.52. The minimum absolute atomic E-state index is 0.0924. The SMILES string of the molecule is COCCNC1CCN(S(=O)(=O)C23C[C@H]4C[C@@H](NC(=O)c5cc(C6CC6)on5)C[C@@H](C2)C43)CC1. The molecule has 1 saturated heterocycles. The van der Waals surface area contributed by atoms with Gasteiger partial charge in [0, 0.05) is 50.8 Å². The molecule has 1 amide bonds. The lowest BCUT2D eigenvalue weighted by molar-refractivity contribution is -0.108. The second-order valence-electron chi connectivity index (χ2n) is 11.2. The highest BCUT2D eigenvalue weighted by molar-refractivity contribution is 7.90. The molecule has 4 saturated carbocycles. The van der Waals surface area contributed by atoms with Gasteiger partial charge >= 0.3 is 0 Å². The van der Waals surface area contributed by atoms with Gasteiger partial charge in [-0.25, -0.2) is 12.7 Å². The first kappa shape index (κ1) is 22.9. The van der Waals surface area contributed by atoms with E-state index < -0.39 is 14.8 Å². The summed E-state index contributed by atoms with van der Waals surface area (Å²) in [6.07, 6.45) is 7.14. The zero-order valence-corrected chi connectivity index (χ0v) is 20.7. The Labute approximate surface area is 201 Å². The molecule has 1 aromatic heterocycles. The van der Waals surface area contributed by atoms with Gasteiger partial charge in [-0.1, -0.05) is 5.16 Å². The molecule has 188 valence electrons. The van der Waals surface area contributed by atoms with Crippen molar-refractivity contribution in [2.45, 2.75) is 74.1 Å². The van der Waals surface area contributed by atoms with Crippen molar-refractivity contribution in [1.29, 1.82) is 0 Å². The third-order valence-electron chi connectivity index (χ3n) is 9.14. The summed E-state index contributed by atoms with van der Waals surface area (Å²) in [6.45, 7) is 2.69. The van der Waals surface area contributed by atoms with E-state index in [1.54, 1.807) is 17.5 Å². The summed E-state index contributed by atoms with van der Waals surface area (Å²) in [5.74, 6) is 2.12. The normalized spacial score (nSPS) is 35.8. The van der Waals surface area contributed by atoms with Crippen molar-refractivity contribution in [3.05, 3.63) is 17.5 Å². The molecule has 0 aromatic carbocycles. The molecule has 5 fully saturated rings. The van der Waals surface area contributed by atoms with E-state index in [1.165, 1.54) is 0 Å². The Morgan fingerprint density at radius 3 is 2.53 bits per heavy atom. The monoisotopic (exact) mass is 492 g/mol. The third kappa shape index (κ3) is 3.72. The fourth-order valence-electron chi connectivity index (χ4n) is 7.35. The fourth-order valence-corrected chi connectivity index (χ4v) is 10.1. The van der Waals surface area contributed by atoms with Crippen LogP contribution in [0.4, 0.5) is 0 Å². The van der Waals surface area contributed by atoms with Crippen LogP contribution >= 0.6 is 0 Å². The first-order valence-electron chi connectivity index (χ1n) is 12.9. The second-order valence-corrected chi connectivity index (χ2v) is 13.5. The quantitative estimate of drug-likeness (QED) is 0.506. The van der Waals surface area contributed by atoms with E-state index in [2.05, 4.69) is 15.8 Å². The Balaban J connectivity index is 1.03. The zero-order valence-electron chi connectivity index (χ0n) is 19.9. The maximum atomic E-state index is 13.7. The number of carbonyl (C=O) groups excluding carboxylic acids is 1. The molecular formula is C24H36N4O5S. The molecule has 34 heavy (non-hydrogen) atoms. The maximum Gasteiger partial charge on any atom is 0.273 e. The Morgan fingerprint density at radius 1 is 1.18 bits per heavy atom. The molecule has 5 aliphatic rings. The number of ether oxygens (including phenoxy) is 1. The van der Waals surface area contributed by atoms with E-state index in [4.69, 9.17) is 9.26 Å². The number of methoxy groups -OCH3 is 1. The van der Waals surface area contributed by atoms with Crippen LogP contribution in [-0.2, 0) is 14.8 Å². The van der Waals surface area contributed by atoms with Crippen LogP contribution in [0.1, 0.15) is 73.5 Å². The highest BCUT2D eigenvalue weighted by atomic mass is 32.2. The predicted octanol–water partition coefficient (Wildman–Crippen LogP) is 1.87. The van der Waals surface area contributed by atoms with Gasteiger partial charge in [-0.2, -0.15) is 0 Å². The number of hydrogen-bond donors (Lipinski definition) is 2. The standard InChI is InChI=1S/C24H36N4O5S/c1-32-9-6-25-18-4-7-28(8-5-18)34(30,31)24-13-16-10-19(11-17(14-24)22(16)24)26-23(29)20-12-21(33-27-20)15-2-3-15/h12,15-19,22,25H,2-11,13-14H2,1H3,(H,26,29)/t16-,17+,19-,22?,24?. The fraction of sp³-hybridized carbons (Fsp3) is 0.833. The zero-order chi connectivity index (χ0) is 23.5. The number of sulfonamides is 1. The van der Waals surface area contributed by atoms with Crippen LogP contribution in [0.25, 0.3) is 0 Å². The second kappa shape index (κ2) is 8.57. The summed E-state index contributed by atoms with van der Waals surface area (Å²) in [5.41, 5.74) is 0.364. The van der Waals surface area contributed by atoms with Crippen molar-refractivity contribution in [3.8, 4) is 0 Å². The van der Waals surface area contributed by atoms with E-state index in [9.17, 15) is 13.2 Å². The molecule has 2 heterocycles. The summed E-state index contributed by atoms with van der Waals surface area (Å²) in [4.78, 5) is 12.7. The van der Waals surface area contributed by atoms with Crippen molar-refractivity contribution in [2.24, 2.45) is 17.8 Å². The molecule has 5 atom stereocenters. The Morgan fingerprint density at radius 2 is 1.88 bits per heavy atom. The molecule has 6 rings (SSSR count). The molecule has 4 aliphatic carbocycles. The molecule has 2 unspecified atom stereocenters. The van der Waals surface area contributed by atoms with Crippen LogP contribution in [0.2, 0.25) is 0 Å². The van der Waals surface area contributed by atoms with Crippen LogP contribution in [0.3, 0.4) is 0 Å². The van der Waals surface area contributed by atoms with Crippen molar-refractivity contribution in [2.75, 3.05) is 33.4 Å². The number of hydrogen-bond acceptors (Lipinski definition) is 7. The lowest BCUT2D eigenvalue weighted by Gasteiger charge is -2.70. The van der Waals surface area contributed by atoms with E-state index >= 15 is 0 Å². The summed E-state index contributed by atoms with van der Waals surface area (Å²) in [7, 11) is -1.60. The molecule has 9 nitrogen and oxygen atoms in total. The lowest BCUT2D eigenvalue weighted by atomic mass is 9.42. The molecule has 2 N–H and O–H groups in total. The smallest absolute Gasteiger partial charge is 0.273 e. The third-order valence-corrected chi connectivity index (χ3v) is 11.8. The number of piperidine rings is 1. The Bertz CT molecular complexity index is 1010.